The van der Waals surface area contributed by atoms with Gasteiger partial charge in [0.2, 0.25) is 5.91 Å². The Morgan fingerprint density at radius 2 is 1.75 bits per heavy atom. The third-order valence-corrected chi connectivity index (χ3v) is 5.09. The minimum Gasteiger partial charge on any atom is -0.497 e. The number of anilines is 1. The molecule has 1 aliphatic rings. The summed E-state index contributed by atoms with van der Waals surface area (Å²) in [6, 6.07) is 13.9. The van der Waals surface area contributed by atoms with Crippen molar-refractivity contribution < 1.29 is 14.3 Å². The number of nitrogens with zero attached hydrogens (tertiary/aromatic N) is 2. The van der Waals surface area contributed by atoms with Gasteiger partial charge in [-0.15, -0.1) is 0 Å². The highest BCUT2D eigenvalue weighted by atomic mass is 35.5. The smallest absolute Gasteiger partial charge is 0.251 e. The van der Waals surface area contributed by atoms with Gasteiger partial charge in [-0.05, 0) is 43.3 Å². The van der Waals surface area contributed by atoms with Crippen molar-refractivity contribution in [1.82, 2.24) is 10.2 Å². The third kappa shape index (κ3) is 4.75. The summed E-state index contributed by atoms with van der Waals surface area (Å²) in [5.74, 6) is 0.453. The predicted octanol–water partition coefficient (Wildman–Crippen LogP) is 2.82. The lowest BCUT2D eigenvalue weighted by atomic mass is 10.1. The van der Waals surface area contributed by atoms with Crippen LogP contribution in [0.15, 0.2) is 48.5 Å². The first kappa shape index (κ1) is 20.0. The van der Waals surface area contributed by atoms with Crippen molar-refractivity contribution in [2.24, 2.45) is 0 Å². The molecule has 7 heteroatoms. The van der Waals surface area contributed by atoms with E-state index in [1.807, 2.05) is 24.3 Å². The van der Waals surface area contributed by atoms with Gasteiger partial charge in [-0.2, -0.15) is 0 Å². The Morgan fingerprint density at radius 3 is 2.39 bits per heavy atom. The van der Waals surface area contributed by atoms with Crippen LogP contribution >= 0.6 is 11.6 Å². The molecule has 0 radical (unpaired) electrons. The van der Waals surface area contributed by atoms with E-state index in [1.54, 1.807) is 43.2 Å². The second-order valence-electron chi connectivity index (χ2n) is 6.72. The summed E-state index contributed by atoms with van der Waals surface area (Å²) in [6.45, 7) is 4.40. The Hall–Kier alpha value is -2.73. The van der Waals surface area contributed by atoms with Crippen molar-refractivity contribution in [2.45, 2.75) is 13.0 Å². The molecule has 1 atom stereocenters. The first-order valence-corrected chi connectivity index (χ1v) is 9.60. The molecule has 148 valence electrons. The zero-order chi connectivity index (χ0) is 20.1. The minimum atomic E-state index is -0.591. The zero-order valence-electron chi connectivity index (χ0n) is 16.0. The van der Waals surface area contributed by atoms with Crippen LogP contribution in [-0.4, -0.2) is 56.0 Å². The number of amides is 2. The summed E-state index contributed by atoms with van der Waals surface area (Å²) in [4.78, 5) is 29.0. The molecule has 1 fully saturated rings. The largest absolute Gasteiger partial charge is 0.497 e. The second-order valence-corrected chi connectivity index (χ2v) is 7.15. The molecule has 0 bridgehead atoms. The van der Waals surface area contributed by atoms with Crippen LogP contribution in [0.1, 0.15) is 17.3 Å². The maximum absolute atomic E-state index is 12.7. The van der Waals surface area contributed by atoms with Crippen LogP contribution in [0, 0.1) is 0 Å². The number of hydrogen-bond donors (Lipinski definition) is 1. The van der Waals surface area contributed by atoms with Crippen molar-refractivity contribution in [2.75, 3.05) is 38.2 Å². The highest BCUT2D eigenvalue weighted by molar-refractivity contribution is 6.30. The van der Waals surface area contributed by atoms with Crippen LogP contribution < -0.4 is 15.0 Å². The van der Waals surface area contributed by atoms with Crippen LogP contribution in [0.3, 0.4) is 0 Å². The Labute approximate surface area is 170 Å². The number of nitrogens with one attached hydrogen (secondary N) is 1. The van der Waals surface area contributed by atoms with Gasteiger partial charge in [0.05, 0.1) is 7.11 Å². The summed E-state index contributed by atoms with van der Waals surface area (Å²) in [5, 5.41) is 3.33. The molecule has 1 aliphatic heterocycles. The van der Waals surface area contributed by atoms with Crippen molar-refractivity contribution in [1.29, 1.82) is 0 Å². The molecule has 2 aromatic rings. The quantitative estimate of drug-likeness (QED) is 0.836. The maximum atomic E-state index is 12.7. The number of methoxy groups -OCH3 is 1. The van der Waals surface area contributed by atoms with Gasteiger partial charge in [-0.25, -0.2) is 0 Å². The summed E-state index contributed by atoms with van der Waals surface area (Å²) >= 11 is 5.84. The zero-order valence-corrected chi connectivity index (χ0v) is 16.8. The molecule has 6 nitrogen and oxygen atoms in total. The summed E-state index contributed by atoms with van der Waals surface area (Å²) in [7, 11) is 1.65. The van der Waals surface area contributed by atoms with Crippen molar-refractivity contribution in [3.8, 4) is 5.75 Å². The van der Waals surface area contributed by atoms with Gasteiger partial charge in [-0.3, -0.25) is 9.59 Å². The van der Waals surface area contributed by atoms with Crippen LogP contribution in [0.2, 0.25) is 5.02 Å². The standard InChI is InChI=1S/C21H24ClN3O3/c1-15(23-20(26)16-6-8-17(22)9-7-16)21(27)25-12-10-24(11-13-25)18-4-3-5-19(14-18)28-2/h3-9,14-15H,10-13H2,1-2H3,(H,23,26). The van der Waals surface area contributed by atoms with Gasteiger partial charge >= 0.3 is 0 Å². The number of carbonyl (C=O) groups is 2. The predicted molar refractivity (Wildman–Crippen MR) is 110 cm³/mol. The molecule has 3 rings (SSSR count). The van der Waals surface area contributed by atoms with E-state index in [0.717, 1.165) is 24.5 Å². The van der Waals surface area contributed by atoms with E-state index in [-0.39, 0.29) is 11.8 Å². The summed E-state index contributed by atoms with van der Waals surface area (Å²) < 4.78 is 5.28. The molecule has 1 unspecified atom stereocenters. The molecule has 0 aromatic heterocycles. The lowest BCUT2D eigenvalue weighted by Crippen LogP contribution is -2.54. The van der Waals surface area contributed by atoms with Gasteiger partial charge < -0.3 is 19.9 Å². The number of halogens is 1. The van der Waals surface area contributed by atoms with Crippen LogP contribution in [0.4, 0.5) is 5.69 Å². The fourth-order valence-electron chi connectivity index (χ4n) is 3.21. The molecule has 0 spiro atoms. The van der Waals surface area contributed by atoms with Crippen LogP contribution in [0.25, 0.3) is 0 Å². The highest BCUT2D eigenvalue weighted by Gasteiger charge is 2.26. The van der Waals surface area contributed by atoms with E-state index >= 15 is 0 Å². The first-order valence-electron chi connectivity index (χ1n) is 9.22. The summed E-state index contributed by atoms with van der Waals surface area (Å²) in [6.07, 6.45) is 0. The molecule has 28 heavy (non-hydrogen) atoms. The highest BCUT2D eigenvalue weighted by Crippen LogP contribution is 2.22. The number of piperazine rings is 1. The van der Waals surface area contributed by atoms with Crippen molar-refractivity contribution in [3.05, 3.63) is 59.1 Å². The lowest BCUT2D eigenvalue weighted by Gasteiger charge is -2.37. The monoisotopic (exact) mass is 401 g/mol. The maximum Gasteiger partial charge on any atom is 0.251 e. The molecule has 1 N–H and O–H groups in total. The lowest BCUT2D eigenvalue weighted by molar-refractivity contribution is -0.133. The number of carbonyl (C=O) groups excluding carboxylic acids is 2. The van der Waals surface area contributed by atoms with E-state index in [1.165, 1.54) is 0 Å². The SMILES string of the molecule is COc1cccc(N2CCN(C(=O)C(C)NC(=O)c3ccc(Cl)cc3)CC2)c1. The van der Waals surface area contributed by atoms with Gasteiger partial charge in [0.25, 0.3) is 5.91 Å². The average molecular weight is 402 g/mol. The fourth-order valence-corrected chi connectivity index (χ4v) is 3.34. The first-order chi connectivity index (χ1) is 13.5. The Morgan fingerprint density at radius 1 is 1.07 bits per heavy atom. The van der Waals surface area contributed by atoms with E-state index in [0.29, 0.717) is 23.7 Å². The Kier molecular flexibility index (Phi) is 6.41. The molecule has 2 amide bonds. The second kappa shape index (κ2) is 8.97. The summed E-state index contributed by atoms with van der Waals surface area (Å²) in [5.41, 5.74) is 1.56. The molecule has 2 aromatic carbocycles. The topological polar surface area (TPSA) is 61.9 Å². The van der Waals surface area contributed by atoms with E-state index in [9.17, 15) is 9.59 Å². The number of hydrogen-bond acceptors (Lipinski definition) is 4. The van der Waals surface area contributed by atoms with Crippen molar-refractivity contribution in [3.63, 3.8) is 0 Å². The molecular weight excluding hydrogens is 378 g/mol. The number of rotatable bonds is 5. The van der Waals surface area contributed by atoms with Gasteiger partial charge in [-0.1, -0.05) is 17.7 Å². The van der Waals surface area contributed by atoms with Crippen molar-refractivity contribution >= 4 is 29.1 Å². The van der Waals surface area contributed by atoms with Gasteiger partial charge in [0, 0.05) is 48.5 Å². The number of ether oxygens (including phenoxy) is 1. The molecule has 1 heterocycles. The Bertz CT molecular complexity index is 833. The minimum absolute atomic E-state index is 0.0763. The molecule has 0 aliphatic carbocycles. The van der Waals surface area contributed by atoms with E-state index < -0.39 is 6.04 Å². The van der Waals surface area contributed by atoms with Gasteiger partial charge in [0.1, 0.15) is 11.8 Å². The normalized spacial score (nSPS) is 15.1. The van der Waals surface area contributed by atoms with Gasteiger partial charge in [0.15, 0.2) is 0 Å². The number of benzene rings is 2. The fraction of sp³-hybridized carbons (Fsp3) is 0.333. The van der Waals surface area contributed by atoms with Crippen LogP contribution in [0.5, 0.6) is 5.75 Å². The molecule has 0 saturated carbocycles. The molecular formula is C21H24ClN3O3. The molecule has 1 saturated heterocycles. The van der Waals surface area contributed by atoms with E-state index in [4.69, 9.17) is 16.3 Å². The third-order valence-electron chi connectivity index (χ3n) is 4.83. The van der Waals surface area contributed by atoms with Crippen LogP contribution in [-0.2, 0) is 4.79 Å². The average Bonchev–Trinajstić information content (AvgIpc) is 2.73. The van der Waals surface area contributed by atoms with E-state index in [2.05, 4.69) is 10.2 Å². The Balaban J connectivity index is 1.54.